The van der Waals surface area contributed by atoms with Crippen molar-refractivity contribution in [1.29, 1.82) is 0 Å². The second-order valence-electron chi connectivity index (χ2n) is 6.52. The van der Waals surface area contributed by atoms with Crippen LogP contribution < -0.4 is 9.04 Å². The quantitative estimate of drug-likeness (QED) is 0.535. The summed E-state index contributed by atoms with van der Waals surface area (Å²) in [5.41, 5.74) is 1.02. The molecule has 2 aromatic carbocycles. The van der Waals surface area contributed by atoms with Crippen LogP contribution in [0.2, 0.25) is 0 Å². The molecular weight excluding hydrogens is 408 g/mol. The third-order valence-electron chi connectivity index (χ3n) is 4.48. The van der Waals surface area contributed by atoms with Crippen molar-refractivity contribution in [2.45, 2.75) is 6.92 Å². The highest BCUT2D eigenvalue weighted by Crippen LogP contribution is 2.25. The highest BCUT2D eigenvalue weighted by molar-refractivity contribution is 7.92. The van der Waals surface area contributed by atoms with Gasteiger partial charge >= 0.3 is 5.97 Å². The molecule has 1 aromatic heterocycles. The van der Waals surface area contributed by atoms with Gasteiger partial charge in [-0.05, 0) is 25.1 Å². The fourth-order valence-corrected chi connectivity index (χ4v) is 3.99. The summed E-state index contributed by atoms with van der Waals surface area (Å²) in [4.78, 5) is 25.2. The minimum Gasteiger partial charge on any atom is -0.494 e. The summed E-state index contributed by atoms with van der Waals surface area (Å²) in [5.74, 6) is -0.605. The Morgan fingerprint density at radius 3 is 2.50 bits per heavy atom. The number of methoxy groups -OCH3 is 1. The van der Waals surface area contributed by atoms with E-state index in [0.717, 1.165) is 10.6 Å². The lowest BCUT2D eigenvalue weighted by Gasteiger charge is -2.22. The van der Waals surface area contributed by atoms with Crippen molar-refractivity contribution in [2.75, 3.05) is 30.8 Å². The maximum Gasteiger partial charge on any atom is 0.340 e. The molecule has 0 saturated carbocycles. The van der Waals surface area contributed by atoms with Crippen LogP contribution in [-0.2, 0) is 14.8 Å². The molecule has 30 heavy (non-hydrogen) atoms. The molecule has 0 N–H and O–H groups in total. The van der Waals surface area contributed by atoms with Gasteiger partial charge in [-0.25, -0.2) is 13.2 Å². The number of fused-ring (bicyclic) bond motifs is 1. The molecular formula is C21H22N2O6S. The van der Waals surface area contributed by atoms with E-state index < -0.39 is 28.4 Å². The van der Waals surface area contributed by atoms with Gasteiger partial charge in [0.1, 0.15) is 12.3 Å². The monoisotopic (exact) mass is 430 g/mol. The molecule has 8 nitrogen and oxygen atoms in total. The van der Waals surface area contributed by atoms with Gasteiger partial charge in [-0.2, -0.15) is 0 Å². The summed E-state index contributed by atoms with van der Waals surface area (Å²) >= 11 is 0. The second-order valence-corrected chi connectivity index (χ2v) is 8.42. The van der Waals surface area contributed by atoms with Crippen LogP contribution in [0.5, 0.6) is 5.75 Å². The van der Waals surface area contributed by atoms with Gasteiger partial charge in [-0.15, -0.1) is 0 Å². The van der Waals surface area contributed by atoms with E-state index in [4.69, 9.17) is 9.47 Å². The topological polar surface area (TPSA) is 94.9 Å². The zero-order valence-corrected chi connectivity index (χ0v) is 17.7. The van der Waals surface area contributed by atoms with Gasteiger partial charge in [0, 0.05) is 17.6 Å². The zero-order valence-electron chi connectivity index (χ0n) is 16.9. The lowest BCUT2D eigenvalue weighted by molar-refractivity contribution is 0.0603. The third kappa shape index (κ3) is 4.30. The molecule has 0 unspecified atom stereocenters. The van der Waals surface area contributed by atoms with Crippen LogP contribution in [0.3, 0.4) is 0 Å². The number of para-hydroxylation sites is 1. The molecule has 158 valence electrons. The van der Waals surface area contributed by atoms with Crippen molar-refractivity contribution >= 4 is 38.5 Å². The Bertz CT molecular complexity index is 1200. The zero-order chi connectivity index (χ0) is 21.9. The summed E-state index contributed by atoms with van der Waals surface area (Å²) in [5, 5.41) is 0.543. The van der Waals surface area contributed by atoms with Gasteiger partial charge < -0.3 is 9.47 Å². The van der Waals surface area contributed by atoms with E-state index in [9.17, 15) is 18.0 Å². The van der Waals surface area contributed by atoms with Crippen molar-refractivity contribution in [3.05, 3.63) is 60.3 Å². The number of carbonyl (C=O) groups is 2. The molecule has 1 heterocycles. The van der Waals surface area contributed by atoms with Crippen molar-refractivity contribution in [1.82, 2.24) is 4.57 Å². The summed E-state index contributed by atoms with van der Waals surface area (Å²) in [6, 6.07) is 13.4. The highest BCUT2D eigenvalue weighted by atomic mass is 32.2. The van der Waals surface area contributed by atoms with Gasteiger partial charge in [0.05, 0.1) is 36.7 Å². The molecule has 0 atom stereocenters. The minimum absolute atomic E-state index is 0.227. The Labute approximate surface area is 174 Å². The molecule has 0 aliphatic carbocycles. The molecule has 3 aromatic rings. The first-order valence-electron chi connectivity index (χ1n) is 9.18. The highest BCUT2D eigenvalue weighted by Gasteiger charge is 2.25. The third-order valence-corrected chi connectivity index (χ3v) is 5.62. The van der Waals surface area contributed by atoms with Crippen molar-refractivity contribution in [3.63, 3.8) is 0 Å². The van der Waals surface area contributed by atoms with Crippen LogP contribution in [0.1, 0.15) is 22.1 Å². The number of nitrogens with zero attached hydrogens (tertiary/aromatic N) is 2. The Morgan fingerprint density at radius 2 is 1.83 bits per heavy atom. The SMILES string of the molecule is CCOc1cccc(N(CC(=O)n2cc(C(=O)OC)c3ccccc32)S(C)(=O)=O)c1. The Morgan fingerprint density at radius 1 is 1.10 bits per heavy atom. The van der Waals surface area contributed by atoms with E-state index in [1.807, 2.05) is 6.92 Å². The van der Waals surface area contributed by atoms with Gasteiger partial charge in [0.2, 0.25) is 10.0 Å². The van der Waals surface area contributed by atoms with E-state index >= 15 is 0 Å². The van der Waals surface area contributed by atoms with Crippen LogP contribution in [0, 0.1) is 0 Å². The van der Waals surface area contributed by atoms with E-state index in [0.29, 0.717) is 28.9 Å². The number of hydrogen-bond acceptors (Lipinski definition) is 6. The largest absolute Gasteiger partial charge is 0.494 e. The maximum absolute atomic E-state index is 13.1. The number of carbonyl (C=O) groups excluding carboxylic acids is 2. The number of hydrogen-bond donors (Lipinski definition) is 0. The smallest absolute Gasteiger partial charge is 0.340 e. The molecule has 0 spiro atoms. The number of sulfonamides is 1. The lowest BCUT2D eigenvalue weighted by atomic mass is 10.2. The molecule has 0 aliphatic rings. The predicted molar refractivity (Wildman–Crippen MR) is 114 cm³/mol. The number of ether oxygens (including phenoxy) is 2. The average Bonchev–Trinajstić information content (AvgIpc) is 3.11. The Kier molecular flexibility index (Phi) is 6.12. The first kappa shape index (κ1) is 21.4. The van der Waals surface area contributed by atoms with Gasteiger partial charge in [0.15, 0.2) is 0 Å². The molecule has 0 radical (unpaired) electrons. The summed E-state index contributed by atoms with van der Waals surface area (Å²) in [7, 11) is -2.51. The van der Waals surface area contributed by atoms with Gasteiger partial charge in [0.25, 0.3) is 5.91 Å². The molecule has 0 fully saturated rings. The van der Waals surface area contributed by atoms with Crippen molar-refractivity contribution in [2.24, 2.45) is 0 Å². The number of esters is 1. The first-order chi connectivity index (χ1) is 14.3. The van der Waals surface area contributed by atoms with E-state index in [1.54, 1.807) is 48.5 Å². The van der Waals surface area contributed by atoms with E-state index in [1.165, 1.54) is 17.9 Å². The van der Waals surface area contributed by atoms with Crippen LogP contribution in [0.4, 0.5) is 5.69 Å². The molecule has 0 saturated heterocycles. The Balaban J connectivity index is 2.02. The number of rotatable bonds is 7. The van der Waals surface area contributed by atoms with Crippen LogP contribution in [-0.4, -0.2) is 51.4 Å². The van der Waals surface area contributed by atoms with Gasteiger partial charge in [-0.3, -0.25) is 13.7 Å². The minimum atomic E-state index is -3.77. The normalized spacial score (nSPS) is 11.3. The Hall–Kier alpha value is -3.33. The summed E-state index contributed by atoms with van der Waals surface area (Å²) in [6.45, 7) is 1.79. The molecule has 3 rings (SSSR count). The average molecular weight is 430 g/mol. The van der Waals surface area contributed by atoms with E-state index in [-0.39, 0.29) is 5.56 Å². The molecule has 0 bridgehead atoms. The predicted octanol–water partition coefficient (Wildman–Crippen LogP) is 2.93. The molecule has 9 heteroatoms. The van der Waals surface area contributed by atoms with Crippen LogP contribution >= 0.6 is 0 Å². The molecule has 0 amide bonds. The number of aromatic nitrogens is 1. The number of benzene rings is 2. The lowest BCUT2D eigenvalue weighted by Crippen LogP contribution is -2.36. The standard InChI is InChI=1S/C21H22N2O6S/c1-4-29-16-9-7-8-15(12-16)23(30(3,26)27)14-20(24)22-13-18(21(25)28-2)17-10-5-6-11-19(17)22/h5-13H,4,14H2,1-3H3. The van der Waals surface area contributed by atoms with Crippen molar-refractivity contribution in [3.8, 4) is 5.75 Å². The van der Waals surface area contributed by atoms with Gasteiger partial charge in [-0.1, -0.05) is 24.3 Å². The van der Waals surface area contributed by atoms with Crippen LogP contribution in [0.15, 0.2) is 54.7 Å². The number of anilines is 1. The molecule has 0 aliphatic heterocycles. The van der Waals surface area contributed by atoms with E-state index in [2.05, 4.69) is 0 Å². The fourth-order valence-electron chi connectivity index (χ4n) is 3.15. The van der Waals surface area contributed by atoms with Crippen LogP contribution in [0.25, 0.3) is 10.9 Å². The van der Waals surface area contributed by atoms with Crippen molar-refractivity contribution < 1.29 is 27.5 Å². The first-order valence-corrected chi connectivity index (χ1v) is 11.0. The maximum atomic E-state index is 13.1. The summed E-state index contributed by atoms with van der Waals surface area (Å²) in [6.07, 6.45) is 2.40. The fraction of sp³-hybridized carbons (Fsp3) is 0.238. The summed E-state index contributed by atoms with van der Waals surface area (Å²) < 4.78 is 37.4. The second kappa shape index (κ2) is 8.58.